The van der Waals surface area contributed by atoms with E-state index in [4.69, 9.17) is 0 Å². The Balaban J connectivity index is 1.60. The van der Waals surface area contributed by atoms with Crippen molar-refractivity contribution in [1.82, 2.24) is 10.3 Å². The second-order valence-electron chi connectivity index (χ2n) is 4.65. The van der Waals surface area contributed by atoms with E-state index in [0.717, 1.165) is 10.6 Å². The van der Waals surface area contributed by atoms with Crippen molar-refractivity contribution in [3.05, 3.63) is 65.3 Å². The number of aromatic nitrogens is 1. The summed E-state index contributed by atoms with van der Waals surface area (Å²) >= 11 is 1.65. The van der Waals surface area contributed by atoms with Crippen LogP contribution in [-0.2, 0) is 6.54 Å². The van der Waals surface area contributed by atoms with Crippen LogP contribution in [0.3, 0.4) is 0 Å². The molecule has 102 valence electrons. The fourth-order valence-electron chi connectivity index (χ4n) is 2.11. The molecule has 3 nitrogen and oxygen atoms in total. The fraction of sp³-hybridized carbons (Fsp3) is 0.188. The van der Waals surface area contributed by atoms with Crippen molar-refractivity contribution in [2.24, 2.45) is 0 Å². The van der Waals surface area contributed by atoms with Gasteiger partial charge in [0.2, 0.25) is 0 Å². The molecule has 1 atom stereocenters. The number of fused-ring (bicyclic) bond motifs is 1. The molecule has 1 unspecified atom stereocenters. The van der Waals surface area contributed by atoms with E-state index in [2.05, 4.69) is 28.5 Å². The molecular weight excluding hydrogens is 268 g/mol. The van der Waals surface area contributed by atoms with E-state index in [1.807, 2.05) is 30.3 Å². The lowest BCUT2D eigenvalue weighted by Gasteiger charge is -2.09. The minimum atomic E-state index is -0.476. The highest BCUT2D eigenvalue weighted by Gasteiger charge is 2.10. The predicted molar refractivity (Wildman–Crippen MR) is 82.7 cm³/mol. The lowest BCUT2D eigenvalue weighted by molar-refractivity contribution is 0.178. The lowest BCUT2D eigenvalue weighted by Crippen LogP contribution is -2.20. The molecule has 4 heteroatoms. The fourth-order valence-corrected chi connectivity index (χ4v) is 3.16. The maximum absolute atomic E-state index is 10.2. The molecule has 2 heterocycles. The van der Waals surface area contributed by atoms with Gasteiger partial charge in [-0.15, -0.1) is 11.3 Å². The van der Waals surface area contributed by atoms with Gasteiger partial charge in [-0.3, -0.25) is 4.98 Å². The van der Waals surface area contributed by atoms with E-state index >= 15 is 0 Å². The highest BCUT2D eigenvalue weighted by Crippen LogP contribution is 2.29. The van der Waals surface area contributed by atoms with Gasteiger partial charge in [-0.2, -0.15) is 0 Å². The summed E-state index contributed by atoms with van der Waals surface area (Å²) in [4.78, 5) is 5.24. The van der Waals surface area contributed by atoms with Crippen molar-refractivity contribution in [2.75, 3.05) is 6.54 Å². The quantitative estimate of drug-likeness (QED) is 0.756. The summed E-state index contributed by atoms with van der Waals surface area (Å²) in [5.74, 6) is 0. The average molecular weight is 284 g/mol. The van der Waals surface area contributed by atoms with Gasteiger partial charge in [-0.1, -0.05) is 24.3 Å². The first kappa shape index (κ1) is 13.2. The van der Waals surface area contributed by atoms with Crippen LogP contribution in [0.15, 0.2) is 54.7 Å². The van der Waals surface area contributed by atoms with Crippen LogP contribution in [0.4, 0.5) is 0 Å². The van der Waals surface area contributed by atoms with Crippen molar-refractivity contribution in [1.29, 1.82) is 0 Å². The number of benzene rings is 1. The van der Waals surface area contributed by atoms with E-state index in [0.29, 0.717) is 13.1 Å². The summed E-state index contributed by atoms with van der Waals surface area (Å²) in [6.45, 7) is 1.20. The molecule has 0 aliphatic carbocycles. The minimum absolute atomic E-state index is 0.476. The zero-order valence-corrected chi connectivity index (χ0v) is 11.8. The van der Waals surface area contributed by atoms with Crippen LogP contribution in [0.2, 0.25) is 0 Å². The lowest BCUT2D eigenvalue weighted by atomic mass is 10.2. The van der Waals surface area contributed by atoms with Gasteiger partial charge in [0, 0.05) is 28.9 Å². The van der Waals surface area contributed by atoms with E-state index in [-0.39, 0.29) is 0 Å². The Kier molecular flexibility index (Phi) is 4.06. The molecule has 3 rings (SSSR count). The zero-order chi connectivity index (χ0) is 13.8. The van der Waals surface area contributed by atoms with E-state index in [9.17, 15) is 5.11 Å². The van der Waals surface area contributed by atoms with Gasteiger partial charge in [-0.05, 0) is 29.7 Å². The number of nitrogens with one attached hydrogen (secondary N) is 1. The molecule has 0 saturated carbocycles. The highest BCUT2D eigenvalue weighted by molar-refractivity contribution is 7.19. The third-order valence-electron chi connectivity index (χ3n) is 3.14. The summed E-state index contributed by atoms with van der Waals surface area (Å²) in [7, 11) is 0. The van der Waals surface area contributed by atoms with Crippen LogP contribution in [0.1, 0.15) is 16.7 Å². The summed E-state index contributed by atoms with van der Waals surface area (Å²) in [6, 6.07) is 16.1. The second kappa shape index (κ2) is 6.13. The Morgan fingerprint density at radius 3 is 2.80 bits per heavy atom. The molecular formula is C16H16N2OS. The third kappa shape index (κ3) is 3.04. The maximum Gasteiger partial charge on any atom is 0.101 e. The Labute approximate surface area is 121 Å². The first-order chi connectivity index (χ1) is 9.83. The predicted octanol–water partition coefficient (Wildman–Crippen LogP) is 3.12. The number of rotatable bonds is 5. The summed E-state index contributed by atoms with van der Waals surface area (Å²) in [5, 5.41) is 14.7. The number of hydrogen-bond donors (Lipinski definition) is 2. The number of hydrogen-bond acceptors (Lipinski definition) is 4. The van der Waals surface area contributed by atoms with Crippen molar-refractivity contribution >= 4 is 21.4 Å². The van der Waals surface area contributed by atoms with Gasteiger partial charge >= 0.3 is 0 Å². The Morgan fingerprint density at radius 1 is 1.15 bits per heavy atom. The molecule has 0 aliphatic heterocycles. The van der Waals surface area contributed by atoms with E-state index in [1.54, 1.807) is 17.5 Å². The van der Waals surface area contributed by atoms with Gasteiger partial charge in [-0.25, -0.2) is 0 Å². The summed E-state index contributed by atoms with van der Waals surface area (Å²) < 4.78 is 1.21. The normalized spacial score (nSPS) is 12.7. The number of aliphatic hydroxyl groups excluding tert-OH is 1. The van der Waals surface area contributed by atoms with Crippen molar-refractivity contribution in [3.8, 4) is 0 Å². The second-order valence-corrected chi connectivity index (χ2v) is 5.77. The van der Waals surface area contributed by atoms with Crippen molar-refractivity contribution in [3.63, 3.8) is 0 Å². The standard InChI is InChI=1S/C16H16N2OS/c19-14(11-17-10-13-6-3-4-8-18-13)16-9-12-5-1-2-7-15(12)20-16/h1-9,14,17,19H,10-11H2. The van der Waals surface area contributed by atoms with Crippen molar-refractivity contribution in [2.45, 2.75) is 12.6 Å². The van der Waals surface area contributed by atoms with Gasteiger partial charge in [0.05, 0.1) is 5.69 Å². The first-order valence-corrected chi connectivity index (χ1v) is 7.42. The van der Waals surface area contributed by atoms with Crippen LogP contribution in [-0.4, -0.2) is 16.6 Å². The van der Waals surface area contributed by atoms with E-state index < -0.39 is 6.10 Å². The highest BCUT2D eigenvalue weighted by atomic mass is 32.1. The summed E-state index contributed by atoms with van der Waals surface area (Å²) in [6.07, 6.45) is 1.30. The molecule has 0 spiro atoms. The van der Waals surface area contributed by atoms with Crippen LogP contribution in [0.5, 0.6) is 0 Å². The molecule has 0 bridgehead atoms. The molecule has 0 amide bonds. The van der Waals surface area contributed by atoms with Crippen LogP contribution < -0.4 is 5.32 Å². The number of pyridine rings is 1. The average Bonchev–Trinajstić information content (AvgIpc) is 2.92. The number of aliphatic hydroxyl groups is 1. The Bertz CT molecular complexity index is 648. The third-order valence-corrected chi connectivity index (χ3v) is 4.36. The minimum Gasteiger partial charge on any atom is -0.386 e. The molecule has 2 aromatic heterocycles. The molecule has 3 aromatic rings. The maximum atomic E-state index is 10.2. The molecule has 0 fully saturated rings. The van der Waals surface area contributed by atoms with E-state index in [1.165, 1.54) is 10.1 Å². The van der Waals surface area contributed by atoms with Crippen LogP contribution in [0, 0.1) is 0 Å². The Morgan fingerprint density at radius 2 is 2.00 bits per heavy atom. The largest absolute Gasteiger partial charge is 0.386 e. The van der Waals surface area contributed by atoms with Crippen LogP contribution in [0.25, 0.3) is 10.1 Å². The van der Waals surface area contributed by atoms with Gasteiger partial charge in [0.1, 0.15) is 6.10 Å². The topological polar surface area (TPSA) is 45.1 Å². The molecule has 0 saturated heterocycles. The van der Waals surface area contributed by atoms with Crippen molar-refractivity contribution < 1.29 is 5.11 Å². The number of thiophene rings is 1. The van der Waals surface area contributed by atoms with Gasteiger partial charge < -0.3 is 10.4 Å². The smallest absolute Gasteiger partial charge is 0.101 e. The molecule has 1 aromatic carbocycles. The molecule has 0 radical (unpaired) electrons. The van der Waals surface area contributed by atoms with Crippen LogP contribution >= 0.6 is 11.3 Å². The SMILES string of the molecule is OC(CNCc1ccccn1)c1cc2ccccc2s1. The molecule has 0 aliphatic rings. The molecule has 2 N–H and O–H groups in total. The number of nitrogens with zero attached hydrogens (tertiary/aromatic N) is 1. The molecule has 20 heavy (non-hydrogen) atoms. The van der Waals surface area contributed by atoms with Gasteiger partial charge in [0.15, 0.2) is 0 Å². The monoisotopic (exact) mass is 284 g/mol. The summed E-state index contributed by atoms with van der Waals surface area (Å²) in [5.41, 5.74) is 0.982. The zero-order valence-electron chi connectivity index (χ0n) is 11.0. The van der Waals surface area contributed by atoms with Gasteiger partial charge in [0.25, 0.3) is 0 Å². The Hall–Kier alpha value is -1.75. The first-order valence-electron chi connectivity index (χ1n) is 6.60.